The highest BCUT2D eigenvalue weighted by Crippen LogP contribution is 2.23. The minimum absolute atomic E-state index is 0.0356. The molecule has 7 nitrogen and oxygen atoms in total. The fourth-order valence-corrected chi connectivity index (χ4v) is 3.72. The SMILES string of the molecule is CC1CCN(C(=O)C2CCCN(C(=O)CCNc3ncccn3)C2)CC1. The van der Waals surface area contributed by atoms with Crippen LogP contribution in [0.2, 0.25) is 0 Å². The average Bonchev–Trinajstić information content (AvgIpc) is 2.69. The molecule has 2 fully saturated rings. The number of aromatic nitrogens is 2. The van der Waals surface area contributed by atoms with Crippen molar-refractivity contribution in [2.75, 3.05) is 38.0 Å². The number of nitrogens with zero attached hydrogens (tertiary/aromatic N) is 4. The van der Waals surface area contributed by atoms with Crippen LogP contribution in [0.5, 0.6) is 0 Å². The summed E-state index contributed by atoms with van der Waals surface area (Å²) in [6.45, 7) is 5.79. The lowest BCUT2D eigenvalue weighted by atomic mass is 9.93. The fraction of sp³-hybridized carbons (Fsp3) is 0.684. The molecule has 2 aliphatic rings. The van der Waals surface area contributed by atoms with Gasteiger partial charge in [0.15, 0.2) is 0 Å². The number of piperidine rings is 2. The van der Waals surface area contributed by atoms with Gasteiger partial charge < -0.3 is 15.1 Å². The highest BCUT2D eigenvalue weighted by molar-refractivity contribution is 5.81. The van der Waals surface area contributed by atoms with Crippen LogP contribution in [0.3, 0.4) is 0 Å². The fourth-order valence-electron chi connectivity index (χ4n) is 3.72. The zero-order chi connectivity index (χ0) is 18.4. The lowest BCUT2D eigenvalue weighted by molar-refractivity contribution is -0.141. The number of nitrogens with one attached hydrogen (secondary N) is 1. The molecule has 26 heavy (non-hydrogen) atoms. The van der Waals surface area contributed by atoms with E-state index in [1.807, 2.05) is 9.80 Å². The van der Waals surface area contributed by atoms with Gasteiger partial charge in [-0.05, 0) is 37.7 Å². The van der Waals surface area contributed by atoms with E-state index in [-0.39, 0.29) is 17.7 Å². The van der Waals surface area contributed by atoms with Gasteiger partial charge in [-0.3, -0.25) is 9.59 Å². The quantitative estimate of drug-likeness (QED) is 0.867. The maximum atomic E-state index is 12.8. The summed E-state index contributed by atoms with van der Waals surface area (Å²) in [7, 11) is 0. The van der Waals surface area contributed by atoms with Crippen molar-refractivity contribution in [3.8, 4) is 0 Å². The Balaban J connectivity index is 1.45. The van der Waals surface area contributed by atoms with Crippen molar-refractivity contribution in [2.24, 2.45) is 11.8 Å². The third kappa shape index (κ3) is 4.93. The van der Waals surface area contributed by atoms with Gasteiger partial charge in [0.2, 0.25) is 17.8 Å². The zero-order valence-electron chi connectivity index (χ0n) is 15.6. The molecule has 0 spiro atoms. The van der Waals surface area contributed by atoms with E-state index in [0.29, 0.717) is 31.4 Å². The van der Waals surface area contributed by atoms with Gasteiger partial charge in [0.05, 0.1) is 5.92 Å². The van der Waals surface area contributed by atoms with Gasteiger partial charge in [-0.15, -0.1) is 0 Å². The highest BCUT2D eigenvalue weighted by Gasteiger charge is 2.32. The highest BCUT2D eigenvalue weighted by atomic mass is 16.2. The molecule has 142 valence electrons. The molecule has 2 saturated heterocycles. The minimum atomic E-state index is -0.0356. The molecule has 0 saturated carbocycles. The van der Waals surface area contributed by atoms with Crippen LogP contribution in [0.4, 0.5) is 5.95 Å². The van der Waals surface area contributed by atoms with Crippen molar-refractivity contribution < 1.29 is 9.59 Å². The van der Waals surface area contributed by atoms with Crippen LogP contribution in [0.15, 0.2) is 18.5 Å². The second-order valence-electron chi connectivity index (χ2n) is 7.44. The van der Waals surface area contributed by atoms with Crippen LogP contribution in [-0.2, 0) is 9.59 Å². The minimum Gasteiger partial charge on any atom is -0.354 e. The summed E-state index contributed by atoms with van der Waals surface area (Å²) < 4.78 is 0. The topological polar surface area (TPSA) is 78.4 Å². The van der Waals surface area contributed by atoms with Crippen molar-refractivity contribution in [2.45, 2.75) is 39.0 Å². The van der Waals surface area contributed by atoms with Crippen molar-refractivity contribution in [3.05, 3.63) is 18.5 Å². The number of carbonyl (C=O) groups excluding carboxylic acids is 2. The summed E-state index contributed by atoms with van der Waals surface area (Å²) in [5, 5.41) is 3.06. The first-order valence-electron chi connectivity index (χ1n) is 9.71. The Labute approximate surface area is 155 Å². The van der Waals surface area contributed by atoms with Gasteiger partial charge in [-0.1, -0.05) is 6.92 Å². The van der Waals surface area contributed by atoms with E-state index in [1.54, 1.807) is 18.5 Å². The Bertz CT molecular complexity index is 601. The molecule has 0 aromatic carbocycles. The predicted molar refractivity (Wildman–Crippen MR) is 99.4 cm³/mol. The van der Waals surface area contributed by atoms with Gasteiger partial charge in [0.1, 0.15) is 0 Å². The maximum Gasteiger partial charge on any atom is 0.227 e. The normalized spacial score (nSPS) is 21.5. The van der Waals surface area contributed by atoms with E-state index in [0.717, 1.165) is 45.3 Å². The van der Waals surface area contributed by atoms with Crippen molar-refractivity contribution in [3.63, 3.8) is 0 Å². The summed E-state index contributed by atoms with van der Waals surface area (Å²) in [5.41, 5.74) is 0. The van der Waals surface area contributed by atoms with Crippen LogP contribution in [0.25, 0.3) is 0 Å². The molecule has 1 aromatic rings. The van der Waals surface area contributed by atoms with Crippen molar-refractivity contribution in [1.82, 2.24) is 19.8 Å². The third-order valence-electron chi connectivity index (χ3n) is 5.41. The van der Waals surface area contributed by atoms with E-state index in [1.165, 1.54) is 0 Å². The summed E-state index contributed by atoms with van der Waals surface area (Å²) in [6.07, 6.45) is 7.70. The Morgan fingerprint density at radius 3 is 2.58 bits per heavy atom. The summed E-state index contributed by atoms with van der Waals surface area (Å²) >= 11 is 0. The van der Waals surface area contributed by atoms with Gasteiger partial charge in [-0.25, -0.2) is 9.97 Å². The number of carbonyl (C=O) groups is 2. The molecule has 2 amide bonds. The molecule has 2 aliphatic heterocycles. The van der Waals surface area contributed by atoms with Crippen LogP contribution in [-0.4, -0.2) is 64.3 Å². The second-order valence-corrected chi connectivity index (χ2v) is 7.44. The first-order valence-corrected chi connectivity index (χ1v) is 9.71. The van der Waals surface area contributed by atoms with E-state index in [9.17, 15) is 9.59 Å². The van der Waals surface area contributed by atoms with Gasteiger partial charge >= 0.3 is 0 Å². The molecule has 0 bridgehead atoms. The summed E-state index contributed by atoms with van der Waals surface area (Å²) in [6, 6.07) is 1.75. The molecule has 0 aliphatic carbocycles. The maximum absolute atomic E-state index is 12.8. The van der Waals surface area contributed by atoms with Crippen molar-refractivity contribution in [1.29, 1.82) is 0 Å². The van der Waals surface area contributed by atoms with Gasteiger partial charge in [-0.2, -0.15) is 0 Å². The first-order chi connectivity index (χ1) is 12.6. The van der Waals surface area contributed by atoms with E-state index < -0.39 is 0 Å². The summed E-state index contributed by atoms with van der Waals surface area (Å²) in [5.74, 6) is 1.55. The zero-order valence-corrected chi connectivity index (χ0v) is 15.6. The molecule has 3 rings (SSSR count). The number of hydrogen-bond donors (Lipinski definition) is 1. The number of hydrogen-bond acceptors (Lipinski definition) is 5. The van der Waals surface area contributed by atoms with Crippen LogP contribution in [0.1, 0.15) is 39.0 Å². The molecular weight excluding hydrogens is 330 g/mol. The van der Waals surface area contributed by atoms with E-state index >= 15 is 0 Å². The van der Waals surface area contributed by atoms with E-state index in [2.05, 4.69) is 22.2 Å². The largest absolute Gasteiger partial charge is 0.354 e. The van der Waals surface area contributed by atoms with Gasteiger partial charge in [0, 0.05) is 51.5 Å². The van der Waals surface area contributed by atoms with Gasteiger partial charge in [0.25, 0.3) is 0 Å². The molecule has 3 heterocycles. The number of rotatable bonds is 5. The average molecular weight is 359 g/mol. The number of likely N-dealkylation sites (tertiary alicyclic amines) is 2. The molecule has 1 aromatic heterocycles. The van der Waals surface area contributed by atoms with E-state index in [4.69, 9.17) is 0 Å². The number of anilines is 1. The standard InChI is InChI=1S/C19H29N5O2/c1-15-6-12-23(13-7-15)18(26)16-4-2-11-24(14-16)17(25)5-10-22-19-20-8-3-9-21-19/h3,8-9,15-16H,2,4-7,10-14H2,1H3,(H,20,21,22). The van der Waals surface area contributed by atoms with Crippen LogP contribution < -0.4 is 5.32 Å². The van der Waals surface area contributed by atoms with Crippen LogP contribution in [0, 0.1) is 11.8 Å². The molecule has 7 heteroatoms. The molecule has 1 atom stereocenters. The molecular formula is C19H29N5O2. The van der Waals surface area contributed by atoms with Crippen molar-refractivity contribution >= 4 is 17.8 Å². The molecule has 0 radical (unpaired) electrons. The lowest BCUT2D eigenvalue weighted by Gasteiger charge is -2.37. The second kappa shape index (κ2) is 8.96. The molecule has 1 N–H and O–H groups in total. The summed E-state index contributed by atoms with van der Waals surface area (Å²) in [4.78, 5) is 37.3. The Morgan fingerprint density at radius 1 is 1.12 bits per heavy atom. The monoisotopic (exact) mass is 359 g/mol. The predicted octanol–water partition coefficient (Wildman–Crippen LogP) is 1.78. The molecule has 1 unspecified atom stereocenters. The number of amides is 2. The van der Waals surface area contributed by atoms with Crippen LogP contribution >= 0.6 is 0 Å². The third-order valence-corrected chi connectivity index (χ3v) is 5.41. The first kappa shape index (κ1) is 18.6. The Hall–Kier alpha value is -2.18. The Morgan fingerprint density at radius 2 is 1.85 bits per heavy atom. The smallest absolute Gasteiger partial charge is 0.227 e. The Kier molecular flexibility index (Phi) is 6.41. The lowest BCUT2D eigenvalue weighted by Crippen LogP contribution is -2.48.